The van der Waals surface area contributed by atoms with E-state index >= 15 is 0 Å². The molecule has 1 fully saturated rings. The summed E-state index contributed by atoms with van der Waals surface area (Å²) in [6.45, 7) is 13.1. The van der Waals surface area contributed by atoms with Crippen LogP contribution >= 0.6 is 0 Å². The molecule has 0 radical (unpaired) electrons. The van der Waals surface area contributed by atoms with E-state index in [-0.39, 0.29) is 11.0 Å². The van der Waals surface area contributed by atoms with E-state index in [0.717, 1.165) is 13.0 Å². The Kier molecular flexibility index (Phi) is 4.64. The highest BCUT2D eigenvalue weighted by atomic mass is 15.2. The molecule has 0 spiro atoms. The Morgan fingerprint density at radius 3 is 2.33 bits per heavy atom. The third-order valence-corrected chi connectivity index (χ3v) is 6.08. The second-order valence-electron chi connectivity index (χ2n) is 8.43. The van der Waals surface area contributed by atoms with Gasteiger partial charge in [-0.15, -0.1) is 0 Å². The summed E-state index contributed by atoms with van der Waals surface area (Å²) >= 11 is 0. The number of nitrogens with zero attached hydrogens (tertiary/aromatic N) is 1. The maximum atomic E-state index is 2.74. The highest BCUT2D eigenvalue weighted by Crippen LogP contribution is 2.48. The van der Waals surface area contributed by atoms with E-state index in [1.807, 2.05) is 0 Å². The van der Waals surface area contributed by atoms with Gasteiger partial charge in [0, 0.05) is 23.2 Å². The molecule has 0 saturated carbocycles. The van der Waals surface area contributed by atoms with Gasteiger partial charge in [-0.1, -0.05) is 57.2 Å². The zero-order chi connectivity index (χ0) is 17.4. The van der Waals surface area contributed by atoms with Crippen LogP contribution in [0.25, 0.3) is 0 Å². The van der Waals surface area contributed by atoms with Gasteiger partial charge in [0.05, 0.1) is 0 Å². The molecule has 0 bridgehead atoms. The van der Waals surface area contributed by atoms with Crippen molar-refractivity contribution < 1.29 is 0 Å². The number of hydrogen-bond acceptors (Lipinski definition) is 1. The van der Waals surface area contributed by atoms with Gasteiger partial charge in [-0.05, 0) is 62.7 Å². The quantitative estimate of drug-likeness (QED) is 0.635. The van der Waals surface area contributed by atoms with Gasteiger partial charge < -0.3 is 4.90 Å². The lowest BCUT2D eigenvalue weighted by Crippen LogP contribution is -2.39. The van der Waals surface area contributed by atoms with Crippen LogP contribution < -0.4 is 0 Å². The van der Waals surface area contributed by atoms with E-state index in [4.69, 9.17) is 0 Å². The Bertz CT molecular complexity index is 650. The molecule has 1 aliphatic heterocycles. The molecule has 0 aromatic heterocycles. The Morgan fingerprint density at radius 1 is 1.00 bits per heavy atom. The van der Waals surface area contributed by atoms with Crippen molar-refractivity contribution in [2.75, 3.05) is 6.54 Å². The zero-order valence-corrected chi connectivity index (χ0v) is 16.2. The fourth-order valence-electron chi connectivity index (χ4n) is 4.97. The van der Waals surface area contributed by atoms with Crippen molar-refractivity contribution in [2.45, 2.75) is 77.7 Å². The molecule has 0 unspecified atom stereocenters. The van der Waals surface area contributed by atoms with Crippen LogP contribution in [-0.4, -0.2) is 17.0 Å². The summed E-state index contributed by atoms with van der Waals surface area (Å²) in [5.74, 6) is 0. The first kappa shape index (κ1) is 17.3. The van der Waals surface area contributed by atoms with Crippen LogP contribution in [0.5, 0.6) is 0 Å². The molecule has 24 heavy (non-hydrogen) atoms. The van der Waals surface area contributed by atoms with Crippen LogP contribution in [0.3, 0.4) is 0 Å². The predicted octanol–water partition coefficient (Wildman–Crippen LogP) is 6.22. The lowest BCUT2D eigenvalue weighted by atomic mass is 9.78. The van der Waals surface area contributed by atoms with Crippen molar-refractivity contribution in [3.8, 4) is 0 Å². The fraction of sp³-hybridized carbons (Fsp3) is 0.565. The molecule has 2 aliphatic rings. The molecule has 1 aromatic carbocycles. The van der Waals surface area contributed by atoms with Crippen LogP contribution in [-0.2, 0) is 5.41 Å². The van der Waals surface area contributed by atoms with Crippen molar-refractivity contribution in [3.63, 3.8) is 0 Å². The van der Waals surface area contributed by atoms with Gasteiger partial charge in [-0.2, -0.15) is 0 Å². The maximum absolute atomic E-state index is 2.74. The lowest BCUT2D eigenvalue weighted by Gasteiger charge is -2.39. The maximum Gasteiger partial charge on any atom is 0.0392 e. The highest BCUT2D eigenvalue weighted by Gasteiger charge is 2.47. The number of benzene rings is 1. The lowest BCUT2D eigenvalue weighted by molar-refractivity contribution is 0.226. The first-order valence-electron chi connectivity index (χ1n) is 9.66. The molecule has 1 saturated heterocycles. The molecule has 1 aromatic rings. The standard InChI is InChI=1S/C23H33N/c1-6-18-12-11-13-19(7-2)21(18)24-17-23(5,16-22(24,3)4)20-14-9-8-10-15-20/h8-10,12,14-15H,6-7,11,13,16-17H2,1-5H3/t23-/m0/s1. The van der Waals surface area contributed by atoms with E-state index in [1.165, 1.54) is 31.2 Å². The normalized spacial score (nSPS) is 26.7. The van der Waals surface area contributed by atoms with E-state index in [0.29, 0.717) is 0 Å². The molecule has 3 rings (SSSR count). The molecule has 0 N–H and O–H groups in total. The minimum Gasteiger partial charge on any atom is -0.365 e. The van der Waals surface area contributed by atoms with Crippen LogP contribution in [0.15, 0.2) is 53.3 Å². The molecular formula is C23H33N. The molecule has 130 valence electrons. The SMILES string of the molecule is CCC1=CCCC(CC)=C1N1C[C@@](C)(c2ccccc2)CC1(C)C. The van der Waals surface area contributed by atoms with Crippen LogP contribution in [0.2, 0.25) is 0 Å². The van der Waals surface area contributed by atoms with Gasteiger partial charge in [0.25, 0.3) is 0 Å². The van der Waals surface area contributed by atoms with Gasteiger partial charge in [-0.25, -0.2) is 0 Å². The van der Waals surface area contributed by atoms with Gasteiger partial charge in [-0.3, -0.25) is 0 Å². The Hall–Kier alpha value is -1.50. The van der Waals surface area contributed by atoms with Crippen molar-refractivity contribution in [1.82, 2.24) is 4.90 Å². The first-order chi connectivity index (χ1) is 11.4. The van der Waals surface area contributed by atoms with E-state index in [9.17, 15) is 0 Å². The monoisotopic (exact) mass is 323 g/mol. The summed E-state index contributed by atoms with van der Waals surface area (Å²) in [7, 11) is 0. The number of likely N-dealkylation sites (tertiary alicyclic amines) is 1. The first-order valence-corrected chi connectivity index (χ1v) is 9.66. The van der Waals surface area contributed by atoms with E-state index in [1.54, 1.807) is 16.8 Å². The average molecular weight is 324 g/mol. The largest absolute Gasteiger partial charge is 0.365 e. The Labute approximate surface area is 148 Å². The molecular weight excluding hydrogens is 290 g/mol. The van der Waals surface area contributed by atoms with Crippen molar-refractivity contribution in [2.24, 2.45) is 0 Å². The molecule has 1 aliphatic carbocycles. The Morgan fingerprint density at radius 2 is 1.71 bits per heavy atom. The van der Waals surface area contributed by atoms with Gasteiger partial charge >= 0.3 is 0 Å². The van der Waals surface area contributed by atoms with Crippen molar-refractivity contribution >= 4 is 0 Å². The summed E-state index contributed by atoms with van der Waals surface area (Å²) in [4.78, 5) is 2.74. The summed E-state index contributed by atoms with van der Waals surface area (Å²) in [6, 6.07) is 11.1. The third-order valence-electron chi connectivity index (χ3n) is 6.08. The molecule has 0 amide bonds. The molecule has 1 atom stereocenters. The van der Waals surface area contributed by atoms with Gasteiger partial charge in [0.2, 0.25) is 0 Å². The zero-order valence-electron chi connectivity index (χ0n) is 16.2. The number of rotatable bonds is 4. The summed E-state index contributed by atoms with van der Waals surface area (Å²) < 4.78 is 0. The van der Waals surface area contributed by atoms with Crippen LogP contribution in [0, 0.1) is 0 Å². The molecule has 1 heterocycles. The fourth-order valence-corrected chi connectivity index (χ4v) is 4.97. The minimum absolute atomic E-state index is 0.200. The third kappa shape index (κ3) is 2.94. The minimum atomic E-state index is 0.200. The second kappa shape index (κ2) is 6.43. The van der Waals surface area contributed by atoms with Crippen LogP contribution in [0.1, 0.15) is 72.3 Å². The van der Waals surface area contributed by atoms with Crippen molar-refractivity contribution in [1.29, 1.82) is 0 Å². The Balaban J connectivity index is 2.02. The van der Waals surface area contributed by atoms with Gasteiger partial charge in [0.15, 0.2) is 0 Å². The smallest absolute Gasteiger partial charge is 0.0392 e. The van der Waals surface area contributed by atoms with Crippen molar-refractivity contribution in [3.05, 3.63) is 58.8 Å². The number of hydrogen-bond donors (Lipinski definition) is 0. The van der Waals surface area contributed by atoms with E-state index < -0.39 is 0 Å². The molecule has 1 nitrogen and oxygen atoms in total. The van der Waals surface area contributed by atoms with E-state index in [2.05, 4.69) is 75.9 Å². The second-order valence-corrected chi connectivity index (χ2v) is 8.43. The van der Waals surface area contributed by atoms with Gasteiger partial charge in [0.1, 0.15) is 0 Å². The topological polar surface area (TPSA) is 3.24 Å². The number of allylic oxidation sites excluding steroid dienone is 3. The summed E-state index contributed by atoms with van der Waals surface area (Å²) in [6.07, 6.45) is 8.49. The predicted molar refractivity (Wildman–Crippen MR) is 104 cm³/mol. The molecule has 1 heteroatoms. The summed E-state index contributed by atoms with van der Waals surface area (Å²) in [5.41, 5.74) is 6.73. The summed E-state index contributed by atoms with van der Waals surface area (Å²) in [5, 5.41) is 0. The van der Waals surface area contributed by atoms with Crippen LogP contribution in [0.4, 0.5) is 0 Å². The highest BCUT2D eigenvalue weighted by molar-refractivity contribution is 5.41. The average Bonchev–Trinajstić information content (AvgIpc) is 2.84.